The number of carbonyl (C=O) groups excluding carboxylic acids is 5. The van der Waals surface area contributed by atoms with Gasteiger partial charge in [0.2, 0.25) is 17.7 Å². The molecule has 3 rings (SSSR count). The van der Waals surface area contributed by atoms with E-state index in [0.717, 1.165) is 19.3 Å². The second-order valence-corrected chi connectivity index (χ2v) is 11.8. The Balaban J connectivity index is 1.40. The standard InChI is InChI=1S/C29H37Cl2N3O6/c1-15(2)27(29(40)32-16(3)28(39)33-23-13-21(30)17(14-35)11-22(23)31)34-25(38)8-6-4-5-7-19-20-12-18(36)9-10-24(37)26(19)20/h9-11,13,15-16,19-20,26-27,35H,4-8,12,14H2,1-3H3,(H,32,40)(H,33,39)(H,34,38)/t16-,19?,20?,26?,27-/m0/s1. The number of rotatable bonds is 13. The van der Waals surface area contributed by atoms with E-state index in [1.165, 1.54) is 31.2 Å². The fourth-order valence-corrected chi connectivity index (χ4v) is 5.62. The molecule has 3 amide bonds. The van der Waals surface area contributed by atoms with Crippen LogP contribution >= 0.6 is 23.2 Å². The van der Waals surface area contributed by atoms with E-state index in [-0.39, 0.29) is 69.9 Å². The molecule has 4 N–H and O–H groups in total. The molecule has 0 aromatic heterocycles. The summed E-state index contributed by atoms with van der Waals surface area (Å²) in [7, 11) is 0. The summed E-state index contributed by atoms with van der Waals surface area (Å²) >= 11 is 12.2. The number of nitrogens with one attached hydrogen (secondary N) is 3. The van der Waals surface area contributed by atoms with Crippen molar-refractivity contribution in [3.8, 4) is 0 Å². The van der Waals surface area contributed by atoms with E-state index in [9.17, 15) is 29.1 Å². The lowest BCUT2D eigenvalue weighted by molar-refractivity contribution is -0.131. The minimum absolute atomic E-state index is 0.0154. The average molecular weight is 595 g/mol. The largest absolute Gasteiger partial charge is 0.392 e. The number of hydrogen-bond acceptors (Lipinski definition) is 6. The van der Waals surface area contributed by atoms with Crippen molar-refractivity contribution in [3.05, 3.63) is 39.9 Å². The third-order valence-electron chi connectivity index (χ3n) is 7.55. The van der Waals surface area contributed by atoms with Crippen molar-refractivity contribution in [2.45, 2.75) is 78.0 Å². The van der Waals surface area contributed by atoms with Gasteiger partial charge >= 0.3 is 0 Å². The fourth-order valence-electron chi connectivity index (χ4n) is 5.16. The SMILES string of the molecule is CC(C)[C@H](NC(=O)CCCCCC1C2CC(=O)C=CC(=O)C12)C(=O)N[C@@H](C)C(=O)Nc1cc(Cl)c(CO)cc1Cl. The zero-order chi connectivity index (χ0) is 29.6. The van der Waals surface area contributed by atoms with Crippen LogP contribution in [-0.4, -0.2) is 46.5 Å². The number of allylic oxidation sites excluding steroid dienone is 2. The van der Waals surface area contributed by atoms with Crippen LogP contribution in [0.1, 0.15) is 64.9 Å². The molecule has 1 saturated carbocycles. The first kappa shape index (κ1) is 31.8. The highest BCUT2D eigenvalue weighted by molar-refractivity contribution is 6.36. The summed E-state index contributed by atoms with van der Waals surface area (Å²) in [5.41, 5.74) is 0.668. The molecule has 2 aliphatic carbocycles. The Morgan fingerprint density at radius 1 is 0.975 bits per heavy atom. The lowest BCUT2D eigenvalue weighted by Crippen LogP contribution is -2.53. The van der Waals surface area contributed by atoms with Crippen molar-refractivity contribution in [1.29, 1.82) is 0 Å². The molecule has 9 nitrogen and oxygen atoms in total. The molecule has 1 aromatic rings. The van der Waals surface area contributed by atoms with Crippen LogP contribution in [0.25, 0.3) is 0 Å². The van der Waals surface area contributed by atoms with E-state index < -0.39 is 23.9 Å². The molecule has 40 heavy (non-hydrogen) atoms. The van der Waals surface area contributed by atoms with Crippen LogP contribution in [0.5, 0.6) is 0 Å². The van der Waals surface area contributed by atoms with Gasteiger partial charge in [0.15, 0.2) is 11.6 Å². The van der Waals surface area contributed by atoms with Gasteiger partial charge < -0.3 is 21.1 Å². The first-order chi connectivity index (χ1) is 18.9. The number of hydrogen-bond donors (Lipinski definition) is 4. The van der Waals surface area contributed by atoms with Gasteiger partial charge in [-0.05, 0) is 67.4 Å². The Bertz CT molecular complexity index is 1180. The van der Waals surface area contributed by atoms with Gasteiger partial charge in [0, 0.05) is 23.8 Å². The highest BCUT2D eigenvalue weighted by atomic mass is 35.5. The molecule has 5 atom stereocenters. The minimum Gasteiger partial charge on any atom is -0.392 e. The molecule has 3 unspecified atom stereocenters. The lowest BCUT2D eigenvalue weighted by Gasteiger charge is -2.24. The van der Waals surface area contributed by atoms with Crippen LogP contribution in [0.15, 0.2) is 24.3 Å². The Kier molecular flexibility index (Phi) is 11.3. The molecular formula is C29H37Cl2N3O6. The summed E-state index contributed by atoms with van der Waals surface area (Å²) in [5.74, 6) is -1.00. The van der Waals surface area contributed by atoms with Crippen LogP contribution < -0.4 is 16.0 Å². The number of unbranched alkanes of at least 4 members (excludes halogenated alkanes) is 2. The van der Waals surface area contributed by atoms with E-state index in [2.05, 4.69) is 16.0 Å². The van der Waals surface area contributed by atoms with Crippen molar-refractivity contribution in [2.75, 3.05) is 5.32 Å². The molecule has 0 bridgehead atoms. The minimum atomic E-state index is -0.925. The normalized spacial score (nSPS) is 21.3. The van der Waals surface area contributed by atoms with Gasteiger partial charge in [-0.1, -0.05) is 49.9 Å². The van der Waals surface area contributed by atoms with Gasteiger partial charge in [-0.25, -0.2) is 0 Å². The summed E-state index contributed by atoms with van der Waals surface area (Å²) < 4.78 is 0. The fraction of sp³-hybridized carbons (Fsp3) is 0.552. The summed E-state index contributed by atoms with van der Waals surface area (Å²) in [6.45, 7) is 4.82. The van der Waals surface area contributed by atoms with Crippen molar-refractivity contribution in [1.82, 2.24) is 10.6 Å². The molecule has 1 aromatic carbocycles. The van der Waals surface area contributed by atoms with Crippen molar-refractivity contribution in [2.24, 2.45) is 23.7 Å². The van der Waals surface area contributed by atoms with E-state index in [1.54, 1.807) is 13.8 Å². The Morgan fingerprint density at radius 2 is 1.70 bits per heavy atom. The van der Waals surface area contributed by atoms with Gasteiger partial charge in [0.25, 0.3) is 0 Å². The molecule has 1 fully saturated rings. The Morgan fingerprint density at radius 3 is 2.38 bits per heavy atom. The third-order valence-corrected chi connectivity index (χ3v) is 8.22. The quantitative estimate of drug-likeness (QED) is 0.255. The second kappa shape index (κ2) is 14.2. The highest BCUT2D eigenvalue weighted by Gasteiger charge is 2.53. The zero-order valence-electron chi connectivity index (χ0n) is 23.0. The first-order valence-electron chi connectivity index (χ1n) is 13.7. The van der Waals surface area contributed by atoms with Gasteiger partial charge in [0.05, 0.1) is 17.3 Å². The molecule has 0 aliphatic heterocycles. The molecule has 2 aliphatic rings. The zero-order valence-corrected chi connectivity index (χ0v) is 24.5. The Hall–Kier alpha value is -2.75. The summed E-state index contributed by atoms with van der Waals surface area (Å²) in [6.07, 6.45) is 6.68. The van der Waals surface area contributed by atoms with Gasteiger partial charge in [0.1, 0.15) is 12.1 Å². The maximum Gasteiger partial charge on any atom is 0.246 e. The number of halogens is 2. The second-order valence-electron chi connectivity index (χ2n) is 10.9. The summed E-state index contributed by atoms with van der Waals surface area (Å²) in [5, 5.41) is 17.7. The summed E-state index contributed by atoms with van der Waals surface area (Å²) in [6, 6.07) is 1.13. The third kappa shape index (κ3) is 8.38. The molecule has 0 spiro atoms. The highest BCUT2D eigenvalue weighted by Crippen LogP contribution is 2.53. The van der Waals surface area contributed by atoms with Crippen molar-refractivity contribution in [3.63, 3.8) is 0 Å². The first-order valence-corrected chi connectivity index (χ1v) is 14.4. The lowest BCUT2D eigenvalue weighted by atomic mass is 10.0. The van der Waals surface area contributed by atoms with E-state index in [1.807, 2.05) is 0 Å². The van der Waals surface area contributed by atoms with Gasteiger partial charge in [-0.15, -0.1) is 0 Å². The smallest absolute Gasteiger partial charge is 0.246 e. The topological polar surface area (TPSA) is 142 Å². The molecule has 0 radical (unpaired) electrons. The van der Waals surface area contributed by atoms with E-state index in [4.69, 9.17) is 23.2 Å². The molecule has 11 heteroatoms. The number of aliphatic hydroxyl groups is 1. The van der Waals surface area contributed by atoms with Crippen LogP contribution in [0.4, 0.5) is 5.69 Å². The maximum absolute atomic E-state index is 12.9. The Labute approximate surface area is 244 Å². The predicted octanol–water partition coefficient (Wildman–Crippen LogP) is 3.98. The van der Waals surface area contributed by atoms with Crippen molar-refractivity contribution < 1.29 is 29.1 Å². The van der Waals surface area contributed by atoms with E-state index in [0.29, 0.717) is 18.4 Å². The number of anilines is 1. The van der Waals surface area contributed by atoms with Crippen LogP contribution in [0.2, 0.25) is 10.0 Å². The number of aliphatic hydroxyl groups excluding tert-OH is 1. The maximum atomic E-state index is 12.9. The number of benzene rings is 1. The number of carbonyl (C=O) groups is 5. The van der Waals surface area contributed by atoms with Gasteiger partial charge in [-0.2, -0.15) is 0 Å². The van der Waals surface area contributed by atoms with Crippen LogP contribution in [0.3, 0.4) is 0 Å². The number of fused-ring (bicyclic) bond motifs is 1. The predicted molar refractivity (Wildman–Crippen MR) is 153 cm³/mol. The van der Waals surface area contributed by atoms with E-state index >= 15 is 0 Å². The van der Waals surface area contributed by atoms with Crippen LogP contribution in [-0.2, 0) is 30.6 Å². The molecule has 218 valence electrons. The number of amides is 3. The average Bonchev–Trinajstić information content (AvgIpc) is 3.60. The molecule has 0 saturated heterocycles. The summed E-state index contributed by atoms with van der Waals surface area (Å²) in [4.78, 5) is 61.9. The molecule has 0 heterocycles. The molecular weight excluding hydrogens is 557 g/mol. The van der Waals surface area contributed by atoms with Crippen LogP contribution in [0, 0.1) is 23.7 Å². The number of ketones is 2. The monoisotopic (exact) mass is 593 g/mol. The van der Waals surface area contributed by atoms with Crippen molar-refractivity contribution >= 4 is 58.2 Å². The van der Waals surface area contributed by atoms with Gasteiger partial charge in [-0.3, -0.25) is 24.0 Å².